The molecule has 102 valence electrons. The van der Waals surface area contributed by atoms with Crippen molar-refractivity contribution < 1.29 is 4.79 Å². The number of nitrogens with one attached hydrogen (secondary N) is 1. The summed E-state index contributed by atoms with van der Waals surface area (Å²) in [6.07, 6.45) is 0. The molecule has 1 aliphatic heterocycles. The molecule has 2 heterocycles. The molecule has 1 aromatic heterocycles. The molecule has 5 nitrogen and oxygen atoms in total. The van der Waals surface area contributed by atoms with Crippen molar-refractivity contribution in [3.63, 3.8) is 0 Å². The highest BCUT2D eigenvalue weighted by molar-refractivity contribution is 5.96. The molecule has 0 bridgehead atoms. The Hall–Kier alpha value is -1.07. The van der Waals surface area contributed by atoms with Crippen LogP contribution in [0.5, 0.6) is 0 Å². The minimum atomic E-state index is 0. The largest absolute Gasteiger partial charge is 0.336 e. The number of halogens is 1. The number of aromatic nitrogens is 2. The molecule has 2 rings (SSSR count). The van der Waals surface area contributed by atoms with Crippen molar-refractivity contribution in [3.05, 3.63) is 17.0 Å². The summed E-state index contributed by atoms with van der Waals surface area (Å²) in [6, 6.07) is 0.366. The van der Waals surface area contributed by atoms with Gasteiger partial charge in [0.2, 0.25) is 0 Å². The fraction of sp³-hybridized carbons (Fsp3) is 0.667. The van der Waals surface area contributed by atoms with E-state index in [1.165, 1.54) is 0 Å². The van der Waals surface area contributed by atoms with Crippen LogP contribution in [0.4, 0.5) is 0 Å². The van der Waals surface area contributed by atoms with Crippen LogP contribution in [-0.4, -0.2) is 46.3 Å². The molecule has 1 amide bonds. The number of nitrogens with zero attached hydrogens (tertiary/aromatic N) is 3. The quantitative estimate of drug-likeness (QED) is 0.826. The number of amides is 1. The molecular weight excluding hydrogens is 252 g/mol. The summed E-state index contributed by atoms with van der Waals surface area (Å²) in [4.78, 5) is 14.4. The first-order chi connectivity index (χ1) is 8.00. The van der Waals surface area contributed by atoms with Crippen molar-refractivity contribution in [2.75, 3.05) is 19.6 Å². The van der Waals surface area contributed by atoms with Crippen molar-refractivity contribution in [1.29, 1.82) is 0 Å². The van der Waals surface area contributed by atoms with Gasteiger partial charge in [-0.3, -0.25) is 9.48 Å². The summed E-state index contributed by atoms with van der Waals surface area (Å²) in [6.45, 7) is 8.35. The molecule has 0 aliphatic carbocycles. The zero-order valence-electron chi connectivity index (χ0n) is 11.4. The van der Waals surface area contributed by atoms with E-state index in [1.807, 2.05) is 25.8 Å². The topological polar surface area (TPSA) is 50.2 Å². The number of hydrogen-bond donors (Lipinski definition) is 1. The number of hydrogen-bond acceptors (Lipinski definition) is 3. The van der Waals surface area contributed by atoms with Gasteiger partial charge >= 0.3 is 0 Å². The number of aryl methyl sites for hydroxylation is 2. The van der Waals surface area contributed by atoms with E-state index in [0.717, 1.165) is 36.6 Å². The summed E-state index contributed by atoms with van der Waals surface area (Å²) >= 11 is 0. The molecule has 1 unspecified atom stereocenters. The van der Waals surface area contributed by atoms with Gasteiger partial charge in [0, 0.05) is 38.4 Å². The highest BCUT2D eigenvalue weighted by atomic mass is 35.5. The average molecular weight is 273 g/mol. The van der Waals surface area contributed by atoms with Gasteiger partial charge in [-0.2, -0.15) is 5.10 Å². The second-order valence-corrected chi connectivity index (χ2v) is 4.78. The second-order valence-electron chi connectivity index (χ2n) is 4.78. The third-order valence-electron chi connectivity index (χ3n) is 3.38. The Morgan fingerprint density at radius 2 is 2.11 bits per heavy atom. The van der Waals surface area contributed by atoms with Crippen molar-refractivity contribution in [2.45, 2.75) is 26.8 Å². The van der Waals surface area contributed by atoms with Crippen molar-refractivity contribution in [2.24, 2.45) is 7.05 Å². The van der Waals surface area contributed by atoms with Gasteiger partial charge in [0.1, 0.15) is 0 Å². The Morgan fingerprint density at radius 1 is 1.44 bits per heavy atom. The van der Waals surface area contributed by atoms with Gasteiger partial charge in [0.05, 0.1) is 11.3 Å². The lowest BCUT2D eigenvalue weighted by atomic mass is 10.1. The summed E-state index contributed by atoms with van der Waals surface area (Å²) in [5, 5.41) is 7.64. The zero-order chi connectivity index (χ0) is 12.6. The van der Waals surface area contributed by atoms with E-state index in [-0.39, 0.29) is 18.3 Å². The van der Waals surface area contributed by atoms with Crippen LogP contribution < -0.4 is 5.32 Å². The van der Waals surface area contributed by atoms with E-state index >= 15 is 0 Å². The Kier molecular flexibility index (Phi) is 4.76. The number of piperazine rings is 1. The second kappa shape index (κ2) is 5.71. The zero-order valence-corrected chi connectivity index (χ0v) is 12.2. The predicted octanol–water partition coefficient (Wildman–Crippen LogP) is 0.893. The summed E-state index contributed by atoms with van der Waals surface area (Å²) in [5.41, 5.74) is 2.53. The average Bonchev–Trinajstić information content (AvgIpc) is 2.52. The Labute approximate surface area is 114 Å². The predicted molar refractivity (Wildman–Crippen MR) is 73.3 cm³/mol. The molecule has 1 aromatic rings. The van der Waals surface area contributed by atoms with Gasteiger partial charge in [-0.1, -0.05) is 0 Å². The SMILES string of the molecule is Cc1nn(C)c(C)c1C(=O)N1CCNC(C)C1.Cl. The molecule has 0 radical (unpaired) electrons. The third-order valence-corrected chi connectivity index (χ3v) is 3.38. The summed E-state index contributed by atoms with van der Waals surface area (Å²) in [5.74, 6) is 0.112. The number of carbonyl (C=O) groups excluding carboxylic acids is 1. The van der Waals surface area contributed by atoms with Crippen LogP contribution in [0.1, 0.15) is 28.7 Å². The summed E-state index contributed by atoms with van der Waals surface area (Å²) in [7, 11) is 1.87. The van der Waals surface area contributed by atoms with Crippen LogP contribution in [0.3, 0.4) is 0 Å². The fourth-order valence-electron chi connectivity index (χ4n) is 2.36. The molecule has 1 N–H and O–H groups in total. The van der Waals surface area contributed by atoms with E-state index in [9.17, 15) is 4.79 Å². The van der Waals surface area contributed by atoms with Gasteiger partial charge in [-0.15, -0.1) is 12.4 Å². The monoisotopic (exact) mass is 272 g/mol. The van der Waals surface area contributed by atoms with Crippen LogP contribution in [0.25, 0.3) is 0 Å². The van der Waals surface area contributed by atoms with Crippen molar-refractivity contribution >= 4 is 18.3 Å². The van der Waals surface area contributed by atoms with Crippen LogP contribution in [0, 0.1) is 13.8 Å². The molecule has 0 aromatic carbocycles. The first-order valence-electron chi connectivity index (χ1n) is 6.03. The van der Waals surface area contributed by atoms with Crippen LogP contribution >= 0.6 is 12.4 Å². The Bertz CT molecular complexity index is 444. The molecule has 1 atom stereocenters. The van der Waals surface area contributed by atoms with E-state index < -0.39 is 0 Å². The highest BCUT2D eigenvalue weighted by Gasteiger charge is 2.26. The van der Waals surface area contributed by atoms with E-state index in [2.05, 4.69) is 17.3 Å². The van der Waals surface area contributed by atoms with Crippen LogP contribution in [0.15, 0.2) is 0 Å². The molecule has 1 fully saturated rings. The van der Waals surface area contributed by atoms with Crippen LogP contribution in [-0.2, 0) is 7.05 Å². The lowest BCUT2D eigenvalue weighted by molar-refractivity contribution is 0.0707. The van der Waals surface area contributed by atoms with E-state index in [1.54, 1.807) is 4.68 Å². The van der Waals surface area contributed by atoms with E-state index in [0.29, 0.717) is 6.04 Å². The highest BCUT2D eigenvalue weighted by Crippen LogP contribution is 2.15. The van der Waals surface area contributed by atoms with Gasteiger partial charge in [0.25, 0.3) is 5.91 Å². The molecule has 1 saturated heterocycles. The standard InChI is InChI=1S/C12H20N4O.ClH/c1-8-7-16(6-5-13-8)12(17)11-9(2)14-15(4)10(11)3;/h8,13H,5-7H2,1-4H3;1H. The normalized spacial score (nSPS) is 19.6. The maximum atomic E-state index is 12.4. The minimum absolute atomic E-state index is 0. The number of carbonyl (C=O) groups is 1. The summed E-state index contributed by atoms with van der Waals surface area (Å²) < 4.78 is 1.77. The van der Waals surface area contributed by atoms with Crippen LogP contribution in [0.2, 0.25) is 0 Å². The third kappa shape index (κ3) is 2.67. The molecule has 0 saturated carbocycles. The molecule has 1 aliphatic rings. The maximum Gasteiger partial charge on any atom is 0.257 e. The van der Waals surface area contributed by atoms with Gasteiger partial charge in [0.15, 0.2) is 0 Å². The maximum absolute atomic E-state index is 12.4. The van der Waals surface area contributed by atoms with Gasteiger partial charge in [-0.05, 0) is 20.8 Å². The molecule has 6 heteroatoms. The molecular formula is C12H21ClN4O. The molecule has 0 spiro atoms. The lowest BCUT2D eigenvalue weighted by Gasteiger charge is -2.32. The first-order valence-corrected chi connectivity index (χ1v) is 6.03. The first kappa shape index (κ1) is 15.0. The fourth-order valence-corrected chi connectivity index (χ4v) is 2.36. The minimum Gasteiger partial charge on any atom is -0.336 e. The van der Waals surface area contributed by atoms with Gasteiger partial charge in [-0.25, -0.2) is 0 Å². The Balaban J connectivity index is 0.00000162. The van der Waals surface area contributed by atoms with E-state index in [4.69, 9.17) is 0 Å². The number of rotatable bonds is 1. The Morgan fingerprint density at radius 3 is 2.61 bits per heavy atom. The van der Waals surface area contributed by atoms with Crippen molar-refractivity contribution in [3.8, 4) is 0 Å². The smallest absolute Gasteiger partial charge is 0.257 e. The molecule has 18 heavy (non-hydrogen) atoms. The van der Waals surface area contributed by atoms with Crippen molar-refractivity contribution in [1.82, 2.24) is 20.0 Å². The lowest BCUT2D eigenvalue weighted by Crippen LogP contribution is -2.51. The van der Waals surface area contributed by atoms with Gasteiger partial charge < -0.3 is 10.2 Å².